The van der Waals surface area contributed by atoms with Crippen molar-refractivity contribution in [1.82, 2.24) is 14.9 Å². The quantitative estimate of drug-likeness (QED) is 0.817. The summed E-state index contributed by atoms with van der Waals surface area (Å²) in [5.41, 5.74) is 0.338. The Balaban J connectivity index is 1.82. The Bertz CT molecular complexity index is 517. The van der Waals surface area contributed by atoms with E-state index in [4.69, 9.17) is 4.74 Å². The van der Waals surface area contributed by atoms with Crippen LogP contribution in [-0.2, 0) is 0 Å². The van der Waals surface area contributed by atoms with E-state index >= 15 is 0 Å². The van der Waals surface area contributed by atoms with Gasteiger partial charge in [-0.3, -0.25) is 9.78 Å². The first-order valence-electron chi connectivity index (χ1n) is 5.96. The lowest BCUT2D eigenvalue weighted by molar-refractivity contribution is 0.0767. The van der Waals surface area contributed by atoms with Crippen LogP contribution in [0.2, 0.25) is 0 Å². The first-order valence-corrected chi connectivity index (χ1v) is 5.96. The van der Waals surface area contributed by atoms with Gasteiger partial charge in [-0.15, -0.1) is 0 Å². The van der Waals surface area contributed by atoms with Crippen LogP contribution in [0.15, 0.2) is 48.9 Å². The van der Waals surface area contributed by atoms with Crippen LogP contribution in [0.1, 0.15) is 10.5 Å². The van der Waals surface area contributed by atoms with Crippen molar-refractivity contribution in [2.75, 3.05) is 20.2 Å². The summed E-state index contributed by atoms with van der Waals surface area (Å²) < 4.78 is 5.53. The highest BCUT2D eigenvalue weighted by Gasteiger charge is 2.12. The van der Waals surface area contributed by atoms with Crippen molar-refractivity contribution in [2.45, 2.75) is 0 Å². The first kappa shape index (κ1) is 13.0. The van der Waals surface area contributed by atoms with Crippen molar-refractivity contribution in [2.24, 2.45) is 0 Å². The topological polar surface area (TPSA) is 55.3 Å². The number of carbonyl (C=O) groups is 1. The maximum atomic E-state index is 12.0. The fraction of sp³-hybridized carbons (Fsp3) is 0.214. The lowest BCUT2D eigenvalue weighted by atomic mass is 10.3. The molecule has 0 N–H and O–H groups in total. The predicted octanol–water partition coefficient (Wildman–Crippen LogP) is 1.63. The van der Waals surface area contributed by atoms with Gasteiger partial charge in [0.1, 0.15) is 18.1 Å². The summed E-state index contributed by atoms with van der Waals surface area (Å²) in [5, 5.41) is 0. The monoisotopic (exact) mass is 257 g/mol. The highest BCUT2D eigenvalue weighted by Crippen LogP contribution is 2.08. The predicted molar refractivity (Wildman–Crippen MR) is 70.9 cm³/mol. The summed E-state index contributed by atoms with van der Waals surface area (Å²) in [6, 6.07) is 9.50. The molecule has 5 nitrogen and oxygen atoms in total. The molecule has 0 radical (unpaired) electrons. The summed E-state index contributed by atoms with van der Waals surface area (Å²) in [5.74, 6) is 0.632. The molecule has 1 amide bonds. The van der Waals surface area contributed by atoms with Crippen LogP contribution in [-0.4, -0.2) is 41.0 Å². The Hall–Kier alpha value is -2.43. The van der Waals surface area contributed by atoms with Crippen molar-refractivity contribution in [1.29, 1.82) is 0 Å². The van der Waals surface area contributed by atoms with Gasteiger partial charge in [0.15, 0.2) is 0 Å². The maximum absolute atomic E-state index is 12.0. The molecule has 0 fully saturated rings. The van der Waals surface area contributed by atoms with Gasteiger partial charge in [-0.25, -0.2) is 4.98 Å². The third-order valence-corrected chi connectivity index (χ3v) is 2.57. The second kappa shape index (κ2) is 6.49. The molecular weight excluding hydrogens is 242 g/mol. The van der Waals surface area contributed by atoms with Gasteiger partial charge >= 0.3 is 0 Å². The number of ether oxygens (including phenoxy) is 1. The minimum Gasteiger partial charge on any atom is -0.492 e. The number of para-hydroxylation sites is 1. The highest BCUT2D eigenvalue weighted by molar-refractivity contribution is 5.91. The van der Waals surface area contributed by atoms with Gasteiger partial charge in [-0.2, -0.15) is 0 Å². The van der Waals surface area contributed by atoms with Gasteiger partial charge in [0.05, 0.1) is 12.7 Å². The zero-order chi connectivity index (χ0) is 13.5. The van der Waals surface area contributed by atoms with Gasteiger partial charge in [-0.1, -0.05) is 18.2 Å². The number of benzene rings is 1. The van der Waals surface area contributed by atoms with Crippen molar-refractivity contribution in [3.63, 3.8) is 0 Å². The Labute approximate surface area is 111 Å². The van der Waals surface area contributed by atoms with Crippen molar-refractivity contribution < 1.29 is 9.53 Å². The Kier molecular flexibility index (Phi) is 4.44. The summed E-state index contributed by atoms with van der Waals surface area (Å²) in [4.78, 5) is 21.4. The molecule has 1 aromatic heterocycles. The second-order valence-electron chi connectivity index (χ2n) is 3.98. The lowest BCUT2D eigenvalue weighted by Gasteiger charge is -2.16. The second-order valence-corrected chi connectivity index (χ2v) is 3.98. The van der Waals surface area contributed by atoms with Crippen LogP contribution in [0, 0.1) is 0 Å². The van der Waals surface area contributed by atoms with Crippen LogP contribution < -0.4 is 4.74 Å². The van der Waals surface area contributed by atoms with Crippen LogP contribution in [0.3, 0.4) is 0 Å². The molecule has 0 bridgehead atoms. The average Bonchev–Trinajstić information content (AvgIpc) is 2.48. The van der Waals surface area contributed by atoms with Crippen molar-refractivity contribution >= 4 is 5.91 Å². The molecule has 19 heavy (non-hydrogen) atoms. The summed E-state index contributed by atoms with van der Waals surface area (Å²) in [6.45, 7) is 0.927. The molecule has 0 saturated carbocycles. The average molecular weight is 257 g/mol. The number of hydrogen-bond donors (Lipinski definition) is 0. The lowest BCUT2D eigenvalue weighted by Crippen LogP contribution is -2.31. The van der Waals surface area contributed by atoms with Crippen LogP contribution in [0.5, 0.6) is 5.75 Å². The fourth-order valence-corrected chi connectivity index (χ4v) is 1.52. The standard InChI is InChI=1S/C14H15N3O2/c1-17(14(18)13-11-15-7-8-16-13)9-10-19-12-5-3-2-4-6-12/h2-8,11H,9-10H2,1H3. The Morgan fingerprint density at radius 1 is 1.26 bits per heavy atom. The van der Waals surface area contributed by atoms with Crippen molar-refractivity contribution in [3.8, 4) is 5.75 Å². The molecular formula is C14H15N3O2. The smallest absolute Gasteiger partial charge is 0.273 e. The molecule has 1 aromatic carbocycles. The largest absolute Gasteiger partial charge is 0.492 e. The van der Waals surface area contributed by atoms with Gasteiger partial charge < -0.3 is 9.64 Å². The first-order chi connectivity index (χ1) is 9.27. The maximum Gasteiger partial charge on any atom is 0.273 e. The molecule has 0 unspecified atom stereocenters. The van der Waals surface area contributed by atoms with E-state index < -0.39 is 0 Å². The van der Waals surface area contributed by atoms with Crippen LogP contribution in [0.25, 0.3) is 0 Å². The summed E-state index contributed by atoms with van der Waals surface area (Å²) in [6.07, 6.45) is 4.49. The number of aromatic nitrogens is 2. The Morgan fingerprint density at radius 2 is 2.05 bits per heavy atom. The third kappa shape index (κ3) is 3.77. The van der Waals surface area contributed by atoms with E-state index in [0.29, 0.717) is 18.8 Å². The third-order valence-electron chi connectivity index (χ3n) is 2.57. The molecule has 2 aromatic rings. The van der Waals surface area contributed by atoms with E-state index in [-0.39, 0.29) is 5.91 Å². The minimum absolute atomic E-state index is 0.162. The van der Waals surface area contributed by atoms with E-state index in [1.165, 1.54) is 18.6 Å². The molecule has 0 atom stereocenters. The van der Waals surface area contributed by atoms with Gasteiger partial charge in [0, 0.05) is 19.4 Å². The van der Waals surface area contributed by atoms with Gasteiger partial charge in [-0.05, 0) is 12.1 Å². The summed E-state index contributed by atoms with van der Waals surface area (Å²) in [7, 11) is 1.71. The number of hydrogen-bond acceptors (Lipinski definition) is 4. The minimum atomic E-state index is -0.162. The van der Waals surface area contributed by atoms with Crippen LogP contribution in [0.4, 0.5) is 0 Å². The number of amides is 1. The normalized spacial score (nSPS) is 9.95. The van der Waals surface area contributed by atoms with Gasteiger partial charge in [0.2, 0.25) is 0 Å². The van der Waals surface area contributed by atoms with E-state index in [2.05, 4.69) is 9.97 Å². The zero-order valence-corrected chi connectivity index (χ0v) is 10.7. The fourth-order valence-electron chi connectivity index (χ4n) is 1.52. The summed E-state index contributed by atoms with van der Waals surface area (Å²) >= 11 is 0. The molecule has 98 valence electrons. The molecule has 0 aliphatic carbocycles. The van der Waals surface area contributed by atoms with Crippen LogP contribution >= 0.6 is 0 Å². The van der Waals surface area contributed by atoms with E-state index in [0.717, 1.165) is 5.75 Å². The Morgan fingerprint density at radius 3 is 2.74 bits per heavy atom. The van der Waals surface area contributed by atoms with Gasteiger partial charge in [0.25, 0.3) is 5.91 Å². The molecule has 0 aliphatic rings. The number of carbonyl (C=O) groups excluding carboxylic acids is 1. The van der Waals surface area contributed by atoms with E-state index in [1.807, 2.05) is 30.3 Å². The number of likely N-dealkylation sites (N-methyl/N-ethyl adjacent to an activating group) is 1. The number of rotatable bonds is 5. The number of nitrogens with zero attached hydrogens (tertiary/aromatic N) is 3. The highest BCUT2D eigenvalue weighted by atomic mass is 16.5. The molecule has 2 rings (SSSR count). The van der Waals surface area contributed by atoms with E-state index in [9.17, 15) is 4.79 Å². The molecule has 0 aliphatic heterocycles. The molecule has 0 spiro atoms. The molecule has 0 saturated heterocycles. The van der Waals surface area contributed by atoms with E-state index in [1.54, 1.807) is 11.9 Å². The molecule has 1 heterocycles. The molecule has 5 heteroatoms. The SMILES string of the molecule is CN(CCOc1ccccc1)C(=O)c1cnccn1. The van der Waals surface area contributed by atoms with Crippen molar-refractivity contribution in [3.05, 3.63) is 54.6 Å². The zero-order valence-electron chi connectivity index (χ0n) is 10.7.